The molecule has 0 bridgehead atoms. The molecule has 2 aromatic rings. The van der Waals surface area contributed by atoms with Gasteiger partial charge in [-0.05, 0) is 30.3 Å². The van der Waals surface area contributed by atoms with E-state index in [0.717, 1.165) is 0 Å². The number of carbonyl (C=O) groups excluding carboxylic acids is 1. The minimum Gasteiger partial charge on any atom is -0.496 e. The van der Waals surface area contributed by atoms with Crippen molar-refractivity contribution in [1.29, 1.82) is 0 Å². The smallest absolute Gasteiger partial charge is 0.341 e. The first kappa shape index (κ1) is 16.1. The molecule has 2 rings (SSSR count). The molecule has 0 aliphatic heterocycles. The highest BCUT2D eigenvalue weighted by Crippen LogP contribution is 2.27. The zero-order chi connectivity index (χ0) is 16.8. The van der Waals surface area contributed by atoms with Gasteiger partial charge in [0.05, 0.1) is 30.5 Å². The largest absolute Gasteiger partial charge is 0.496 e. The maximum absolute atomic E-state index is 11.7. The van der Waals surface area contributed by atoms with Crippen LogP contribution in [0.4, 0.5) is 17.1 Å². The first-order chi connectivity index (χ1) is 11.0. The average Bonchev–Trinajstić information content (AvgIpc) is 2.59. The molecular formula is C15H13N3O5. The molecule has 23 heavy (non-hydrogen) atoms. The predicted molar refractivity (Wildman–Crippen MR) is 81.6 cm³/mol. The molecule has 0 amide bonds. The molecule has 0 atom stereocenters. The van der Waals surface area contributed by atoms with E-state index >= 15 is 0 Å². The van der Waals surface area contributed by atoms with E-state index in [9.17, 15) is 14.9 Å². The number of carbonyl (C=O) groups is 1. The number of non-ortho nitro benzene ring substituents is 1. The number of methoxy groups -OCH3 is 2. The lowest BCUT2D eigenvalue weighted by Gasteiger charge is -2.06. The summed E-state index contributed by atoms with van der Waals surface area (Å²) < 4.78 is 9.76. The molecule has 0 heterocycles. The van der Waals surface area contributed by atoms with E-state index in [2.05, 4.69) is 15.0 Å². The highest BCUT2D eigenvalue weighted by Gasteiger charge is 2.13. The fourth-order valence-corrected chi connectivity index (χ4v) is 1.78. The van der Waals surface area contributed by atoms with Crippen LogP contribution in [0, 0.1) is 10.1 Å². The lowest BCUT2D eigenvalue weighted by atomic mass is 10.2. The van der Waals surface area contributed by atoms with Crippen LogP contribution < -0.4 is 4.74 Å². The number of benzene rings is 2. The lowest BCUT2D eigenvalue weighted by molar-refractivity contribution is -0.384. The Morgan fingerprint density at radius 3 is 2.22 bits per heavy atom. The number of ether oxygens (including phenoxy) is 2. The van der Waals surface area contributed by atoms with Crippen LogP contribution in [0.5, 0.6) is 5.75 Å². The van der Waals surface area contributed by atoms with Crippen molar-refractivity contribution in [1.82, 2.24) is 0 Å². The van der Waals surface area contributed by atoms with Gasteiger partial charge in [0.1, 0.15) is 11.3 Å². The van der Waals surface area contributed by atoms with Gasteiger partial charge in [-0.25, -0.2) is 4.79 Å². The van der Waals surface area contributed by atoms with Crippen LogP contribution in [0.2, 0.25) is 0 Å². The fraction of sp³-hybridized carbons (Fsp3) is 0.133. The topological polar surface area (TPSA) is 103 Å². The molecule has 0 spiro atoms. The van der Waals surface area contributed by atoms with Crippen LogP contribution in [0.15, 0.2) is 52.7 Å². The molecular weight excluding hydrogens is 302 g/mol. The van der Waals surface area contributed by atoms with Crippen LogP contribution in [0.1, 0.15) is 10.4 Å². The van der Waals surface area contributed by atoms with Crippen molar-refractivity contribution >= 4 is 23.0 Å². The van der Waals surface area contributed by atoms with Gasteiger partial charge in [-0.1, -0.05) is 0 Å². The Labute approximate surface area is 131 Å². The van der Waals surface area contributed by atoms with Crippen molar-refractivity contribution in [3.8, 4) is 5.75 Å². The van der Waals surface area contributed by atoms with Gasteiger partial charge < -0.3 is 9.47 Å². The van der Waals surface area contributed by atoms with E-state index in [1.165, 1.54) is 44.6 Å². The number of nitro benzene ring substituents is 1. The van der Waals surface area contributed by atoms with Crippen molar-refractivity contribution in [2.45, 2.75) is 0 Å². The summed E-state index contributed by atoms with van der Waals surface area (Å²) in [5.41, 5.74) is 1.08. The predicted octanol–water partition coefficient (Wildman–Crippen LogP) is 3.81. The Hall–Kier alpha value is -3.29. The van der Waals surface area contributed by atoms with E-state index in [0.29, 0.717) is 17.1 Å². The Bertz CT molecular complexity index is 756. The van der Waals surface area contributed by atoms with Crippen molar-refractivity contribution < 1.29 is 19.2 Å². The van der Waals surface area contributed by atoms with Gasteiger partial charge in [0.15, 0.2) is 0 Å². The number of esters is 1. The number of rotatable bonds is 5. The zero-order valence-electron chi connectivity index (χ0n) is 12.4. The van der Waals surface area contributed by atoms with Gasteiger partial charge in [-0.2, -0.15) is 10.2 Å². The Kier molecular flexibility index (Phi) is 4.98. The quantitative estimate of drug-likeness (QED) is 0.361. The Morgan fingerprint density at radius 2 is 1.65 bits per heavy atom. The number of hydrogen-bond acceptors (Lipinski definition) is 7. The van der Waals surface area contributed by atoms with E-state index in [1.807, 2.05) is 0 Å². The van der Waals surface area contributed by atoms with Crippen LogP contribution in [-0.4, -0.2) is 25.1 Å². The molecule has 0 N–H and O–H groups in total. The van der Waals surface area contributed by atoms with Gasteiger partial charge in [-0.15, -0.1) is 0 Å². The number of nitro groups is 1. The summed E-state index contributed by atoms with van der Waals surface area (Å²) in [4.78, 5) is 21.8. The molecule has 118 valence electrons. The number of hydrogen-bond donors (Lipinski definition) is 0. The molecule has 0 aliphatic rings. The number of nitrogens with zero attached hydrogens (tertiary/aromatic N) is 3. The second-order valence-corrected chi connectivity index (χ2v) is 4.35. The third kappa shape index (κ3) is 3.88. The summed E-state index contributed by atoms with van der Waals surface area (Å²) >= 11 is 0. The molecule has 8 heteroatoms. The minimum absolute atomic E-state index is 0.0265. The van der Waals surface area contributed by atoms with Crippen LogP contribution >= 0.6 is 0 Å². The SMILES string of the molecule is COC(=O)c1cc(N=Nc2ccc([N+](=O)[O-])cc2)ccc1OC. The summed E-state index contributed by atoms with van der Waals surface area (Å²) in [6.45, 7) is 0. The van der Waals surface area contributed by atoms with Gasteiger partial charge in [0.25, 0.3) is 5.69 Å². The number of azo groups is 1. The molecule has 0 aromatic heterocycles. The molecule has 0 fully saturated rings. The maximum Gasteiger partial charge on any atom is 0.341 e. The minimum atomic E-state index is -0.547. The van der Waals surface area contributed by atoms with Gasteiger partial charge in [-0.3, -0.25) is 10.1 Å². The van der Waals surface area contributed by atoms with E-state index < -0.39 is 10.9 Å². The molecule has 2 aromatic carbocycles. The van der Waals surface area contributed by atoms with E-state index in [-0.39, 0.29) is 11.3 Å². The summed E-state index contributed by atoms with van der Waals surface area (Å²) in [6.07, 6.45) is 0. The molecule has 0 aliphatic carbocycles. The van der Waals surface area contributed by atoms with Crippen molar-refractivity contribution in [2.75, 3.05) is 14.2 Å². The Balaban J connectivity index is 2.25. The molecule has 0 radical (unpaired) electrons. The summed E-state index contributed by atoms with van der Waals surface area (Å²) in [5, 5.41) is 18.5. The summed E-state index contributed by atoms with van der Waals surface area (Å²) in [6, 6.07) is 10.3. The normalized spacial score (nSPS) is 10.5. The highest BCUT2D eigenvalue weighted by atomic mass is 16.6. The third-order valence-electron chi connectivity index (χ3n) is 2.93. The second kappa shape index (κ2) is 7.12. The zero-order valence-corrected chi connectivity index (χ0v) is 12.4. The van der Waals surface area contributed by atoms with Crippen molar-refractivity contribution in [2.24, 2.45) is 10.2 Å². The standard InChI is InChI=1S/C15H13N3O5/c1-22-14-8-5-11(9-13(14)15(19)23-2)17-16-10-3-6-12(7-4-10)18(20)21/h3-9H,1-2H3. The van der Waals surface area contributed by atoms with Gasteiger partial charge in [0, 0.05) is 12.1 Å². The first-order valence-corrected chi connectivity index (χ1v) is 6.47. The highest BCUT2D eigenvalue weighted by molar-refractivity contribution is 5.93. The average molecular weight is 315 g/mol. The van der Waals surface area contributed by atoms with E-state index in [4.69, 9.17) is 4.74 Å². The summed E-state index contributed by atoms with van der Waals surface area (Å²) in [7, 11) is 2.71. The maximum atomic E-state index is 11.7. The monoisotopic (exact) mass is 315 g/mol. The first-order valence-electron chi connectivity index (χ1n) is 6.47. The van der Waals surface area contributed by atoms with Crippen molar-refractivity contribution in [3.63, 3.8) is 0 Å². The molecule has 0 saturated heterocycles. The molecule has 0 saturated carbocycles. The van der Waals surface area contributed by atoms with Crippen LogP contribution in [-0.2, 0) is 4.74 Å². The summed E-state index contributed by atoms with van der Waals surface area (Å²) in [5.74, 6) is -0.180. The lowest BCUT2D eigenvalue weighted by Crippen LogP contribution is -2.03. The van der Waals surface area contributed by atoms with Crippen molar-refractivity contribution in [3.05, 3.63) is 58.1 Å². The molecule has 8 nitrogen and oxygen atoms in total. The Morgan fingerprint density at radius 1 is 1.04 bits per heavy atom. The van der Waals surface area contributed by atoms with Gasteiger partial charge in [0.2, 0.25) is 0 Å². The molecule has 0 unspecified atom stereocenters. The second-order valence-electron chi connectivity index (χ2n) is 4.35. The fourth-order valence-electron chi connectivity index (χ4n) is 1.78. The van der Waals surface area contributed by atoms with E-state index in [1.54, 1.807) is 12.1 Å². The van der Waals surface area contributed by atoms with Crippen LogP contribution in [0.25, 0.3) is 0 Å². The third-order valence-corrected chi connectivity index (χ3v) is 2.93. The van der Waals surface area contributed by atoms with Crippen LogP contribution in [0.3, 0.4) is 0 Å². The van der Waals surface area contributed by atoms with Gasteiger partial charge >= 0.3 is 5.97 Å².